The van der Waals surface area contributed by atoms with Gasteiger partial charge in [-0.05, 0) is 26.3 Å². The number of amides is 2. The van der Waals surface area contributed by atoms with Crippen molar-refractivity contribution in [3.8, 4) is 0 Å². The normalized spacial score (nSPS) is 16.3. The molecule has 2 amide bonds. The van der Waals surface area contributed by atoms with Gasteiger partial charge >= 0.3 is 6.09 Å². The van der Waals surface area contributed by atoms with Crippen LogP contribution >= 0.6 is 11.6 Å². The summed E-state index contributed by atoms with van der Waals surface area (Å²) in [5.74, 6) is 0.674. The number of carbonyl (C=O) groups is 2. The Bertz CT molecular complexity index is 1200. The van der Waals surface area contributed by atoms with E-state index in [0.717, 1.165) is 11.8 Å². The van der Waals surface area contributed by atoms with Crippen molar-refractivity contribution in [1.82, 2.24) is 25.1 Å². The summed E-state index contributed by atoms with van der Waals surface area (Å²) in [5.41, 5.74) is 0.909. The molecule has 2 saturated heterocycles. The van der Waals surface area contributed by atoms with Crippen LogP contribution in [-0.2, 0) is 16.1 Å². The molecule has 2 aliphatic rings. The van der Waals surface area contributed by atoms with Gasteiger partial charge in [0, 0.05) is 50.6 Å². The number of carbonyl (C=O) groups excluding carboxylic acids is 2. The molecule has 1 aromatic heterocycles. The highest BCUT2D eigenvalue weighted by molar-refractivity contribution is 6.32. The van der Waals surface area contributed by atoms with Gasteiger partial charge in [-0.3, -0.25) is 4.79 Å². The van der Waals surface area contributed by atoms with Crippen molar-refractivity contribution in [2.45, 2.75) is 32.9 Å². The molecule has 0 atom stereocenters. The van der Waals surface area contributed by atoms with E-state index in [9.17, 15) is 9.59 Å². The number of hydrogen-bond acceptors (Lipinski definition) is 9. The molecule has 2 fully saturated rings. The quantitative estimate of drug-likeness (QED) is 0.356. The summed E-state index contributed by atoms with van der Waals surface area (Å²) in [6, 6.07) is 9.85. The molecule has 1 aromatic carbocycles. The number of rotatable bonds is 9. The van der Waals surface area contributed by atoms with Crippen molar-refractivity contribution in [3.63, 3.8) is 0 Å². The summed E-state index contributed by atoms with van der Waals surface area (Å²) in [7, 11) is 0. The standard InChI is InChI=1S/C26H33ClN8O3/c1-25(2,3)38-24(37)35-16-26(17-35)14-34(15-26)21(36)13-29-11-19(9-28)32-23-31-12-20(27)22(33-23)30-10-18-7-5-4-6-8-18/h4-9,11-12,28-29H,10,13-17H2,1-3H3,(H2,30,31,32,33)/b19-11+,28-9?. The molecule has 0 aliphatic carbocycles. The number of aromatic nitrogens is 2. The molecule has 2 aromatic rings. The Labute approximate surface area is 227 Å². The molecule has 3 heterocycles. The predicted octanol–water partition coefficient (Wildman–Crippen LogP) is 3.31. The van der Waals surface area contributed by atoms with Gasteiger partial charge in [0.25, 0.3) is 0 Å². The summed E-state index contributed by atoms with van der Waals surface area (Å²) in [6.07, 6.45) is 3.80. The van der Waals surface area contributed by atoms with Crippen LogP contribution < -0.4 is 16.0 Å². The summed E-state index contributed by atoms with van der Waals surface area (Å²) >= 11 is 6.23. The van der Waals surface area contributed by atoms with Gasteiger partial charge in [0.2, 0.25) is 11.9 Å². The maximum absolute atomic E-state index is 12.6. The lowest BCUT2D eigenvalue weighted by atomic mass is 9.73. The molecular weight excluding hydrogens is 508 g/mol. The molecule has 2 aliphatic heterocycles. The number of anilines is 2. The van der Waals surface area contributed by atoms with E-state index in [1.165, 1.54) is 12.4 Å². The van der Waals surface area contributed by atoms with Crippen molar-refractivity contribution in [3.05, 3.63) is 59.0 Å². The Kier molecular flexibility index (Phi) is 8.05. The number of likely N-dealkylation sites (tertiary alicyclic amines) is 2. The first-order chi connectivity index (χ1) is 18.1. The van der Waals surface area contributed by atoms with Gasteiger partial charge in [-0.15, -0.1) is 0 Å². The van der Waals surface area contributed by atoms with Crippen molar-refractivity contribution in [2.75, 3.05) is 43.4 Å². The lowest BCUT2D eigenvalue weighted by Gasteiger charge is -2.59. The highest BCUT2D eigenvalue weighted by Gasteiger charge is 2.55. The van der Waals surface area contributed by atoms with Gasteiger partial charge in [0.1, 0.15) is 10.6 Å². The van der Waals surface area contributed by atoms with Crippen LogP contribution in [0.5, 0.6) is 0 Å². The molecule has 0 unspecified atom stereocenters. The number of halogens is 1. The lowest BCUT2D eigenvalue weighted by Crippen LogP contribution is -2.74. The zero-order chi connectivity index (χ0) is 27.3. The third-order valence-corrected chi connectivity index (χ3v) is 6.36. The molecule has 4 N–H and O–H groups in total. The molecule has 12 heteroatoms. The van der Waals surface area contributed by atoms with E-state index in [4.69, 9.17) is 21.7 Å². The van der Waals surface area contributed by atoms with E-state index >= 15 is 0 Å². The highest BCUT2D eigenvalue weighted by atomic mass is 35.5. The highest BCUT2D eigenvalue weighted by Crippen LogP contribution is 2.40. The van der Waals surface area contributed by atoms with E-state index in [-0.39, 0.29) is 29.9 Å². The molecule has 11 nitrogen and oxygen atoms in total. The SMILES string of the molecule is CC(C)(C)OC(=O)N1CC2(CN(C(=O)CN/C=C(\C=N)Nc3ncc(Cl)c(NCc4ccccc4)n3)C2)C1. The third-order valence-electron chi connectivity index (χ3n) is 6.08. The summed E-state index contributed by atoms with van der Waals surface area (Å²) in [6.45, 7) is 8.59. The fourth-order valence-corrected chi connectivity index (χ4v) is 4.45. The van der Waals surface area contributed by atoms with Crippen molar-refractivity contribution in [2.24, 2.45) is 5.41 Å². The van der Waals surface area contributed by atoms with Crippen LogP contribution in [0.3, 0.4) is 0 Å². The van der Waals surface area contributed by atoms with Crippen LogP contribution in [0, 0.1) is 10.8 Å². The van der Waals surface area contributed by atoms with E-state index in [1.54, 1.807) is 9.80 Å². The first-order valence-electron chi connectivity index (χ1n) is 12.3. The summed E-state index contributed by atoms with van der Waals surface area (Å²) in [4.78, 5) is 36.7. The lowest BCUT2D eigenvalue weighted by molar-refractivity contribution is -0.155. The zero-order valence-electron chi connectivity index (χ0n) is 21.8. The molecule has 202 valence electrons. The molecule has 0 saturated carbocycles. The molecule has 0 radical (unpaired) electrons. The minimum atomic E-state index is -0.522. The Balaban J connectivity index is 1.21. The second-order valence-electron chi connectivity index (χ2n) is 10.6. The smallest absolute Gasteiger partial charge is 0.410 e. The Hall–Kier alpha value is -3.86. The van der Waals surface area contributed by atoms with Gasteiger partial charge in [0.05, 0.1) is 18.4 Å². The van der Waals surface area contributed by atoms with Crippen molar-refractivity contribution < 1.29 is 14.3 Å². The fourth-order valence-electron chi connectivity index (χ4n) is 4.29. The van der Waals surface area contributed by atoms with Gasteiger partial charge < -0.3 is 35.9 Å². The van der Waals surface area contributed by atoms with Crippen molar-refractivity contribution >= 4 is 41.6 Å². The van der Waals surface area contributed by atoms with Crippen LogP contribution in [0.25, 0.3) is 0 Å². The predicted molar refractivity (Wildman–Crippen MR) is 146 cm³/mol. The molecular formula is C26H33ClN8O3. The van der Waals surface area contributed by atoms with E-state index in [2.05, 4.69) is 25.9 Å². The van der Waals surface area contributed by atoms with E-state index in [0.29, 0.717) is 49.3 Å². The summed E-state index contributed by atoms with van der Waals surface area (Å²) < 4.78 is 5.40. The Morgan fingerprint density at radius 2 is 1.84 bits per heavy atom. The van der Waals surface area contributed by atoms with E-state index in [1.807, 2.05) is 51.1 Å². The monoisotopic (exact) mass is 540 g/mol. The van der Waals surface area contributed by atoms with Crippen LogP contribution in [0.4, 0.5) is 16.6 Å². The van der Waals surface area contributed by atoms with Crippen LogP contribution in [0.2, 0.25) is 5.02 Å². The van der Waals surface area contributed by atoms with Crippen LogP contribution in [-0.4, -0.2) is 76.3 Å². The maximum atomic E-state index is 12.6. The average molecular weight is 541 g/mol. The van der Waals surface area contributed by atoms with E-state index < -0.39 is 5.60 Å². The Morgan fingerprint density at radius 1 is 1.16 bits per heavy atom. The number of benzene rings is 1. The Morgan fingerprint density at radius 3 is 2.50 bits per heavy atom. The maximum Gasteiger partial charge on any atom is 0.410 e. The molecule has 4 rings (SSSR count). The zero-order valence-corrected chi connectivity index (χ0v) is 22.5. The number of nitrogens with one attached hydrogen (secondary N) is 4. The molecule has 1 spiro atoms. The van der Waals surface area contributed by atoms with Crippen molar-refractivity contribution in [1.29, 1.82) is 5.41 Å². The van der Waals surface area contributed by atoms with Gasteiger partial charge in [-0.2, -0.15) is 4.98 Å². The largest absolute Gasteiger partial charge is 0.444 e. The topological polar surface area (TPSA) is 136 Å². The minimum absolute atomic E-state index is 0.0255. The number of ether oxygens (including phenoxy) is 1. The van der Waals surface area contributed by atoms with Gasteiger partial charge in [-0.25, -0.2) is 9.78 Å². The third kappa shape index (κ3) is 6.91. The minimum Gasteiger partial charge on any atom is -0.444 e. The number of allylic oxidation sites excluding steroid dienone is 1. The first-order valence-corrected chi connectivity index (χ1v) is 12.7. The average Bonchev–Trinajstić information content (AvgIpc) is 2.81. The molecule has 0 bridgehead atoms. The van der Waals surface area contributed by atoms with Crippen LogP contribution in [0.15, 0.2) is 48.4 Å². The van der Waals surface area contributed by atoms with Gasteiger partial charge in [-0.1, -0.05) is 41.9 Å². The number of nitrogens with zero attached hydrogens (tertiary/aromatic N) is 4. The number of hydrogen-bond donors (Lipinski definition) is 4. The summed E-state index contributed by atoms with van der Waals surface area (Å²) in [5, 5.41) is 17.1. The fraction of sp³-hybridized carbons (Fsp3) is 0.423. The van der Waals surface area contributed by atoms with Gasteiger partial charge in [0.15, 0.2) is 5.82 Å². The molecule has 38 heavy (non-hydrogen) atoms. The van der Waals surface area contributed by atoms with Crippen LogP contribution in [0.1, 0.15) is 26.3 Å². The second kappa shape index (κ2) is 11.3. The second-order valence-corrected chi connectivity index (χ2v) is 11.0. The first kappa shape index (κ1) is 27.2.